The van der Waals surface area contributed by atoms with Crippen LogP contribution >= 0.6 is 11.3 Å². The van der Waals surface area contributed by atoms with Gasteiger partial charge in [-0.05, 0) is 29.1 Å². The van der Waals surface area contributed by atoms with Crippen LogP contribution in [0.1, 0.15) is 20.8 Å². The van der Waals surface area contributed by atoms with Crippen LogP contribution in [-0.4, -0.2) is 30.6 Å². The third-order valence-corrected chi connectivity index (χ3v) is 4.49. The third kappa shape index (κ3) is 3.81. The summed E-state index contributed by atoms with van der Waals surface area (Å²) in [4.78, 5) is 15.2. The highest BCUT2D eigenvalue weighted by atomic mass is 32.1. The number of nitrogens with zero attached hydrogens (tertiary/aromatic N) is 1. The van der Waals surface area contributed by atoms with Crippen LogP contribution in [0.4, 0.5) is 0 Å². The molecule has 1 amide bonds. The molecule has 5 heteroatoms. The number of benzene rings is 1. The standard InChI is InChI=1S/C18H19NO3S/c1-2-8-21-13-14-5-6-16-15(11-14)12-19(7-9-22-16)18(20)17-4-3-10-23-17/h2-6,10-11H,1,7-9,12-13H2. The minimum absolute atomic E-state index is 0.0600. The first-order valence-corrected chi connectivity index (χ1v) is 8.42. The van der Waals surface area contributed by atoms with Crippen molar-refractivity contribution >= 4 is 17.2 Å². The van der Waals surface area contributed by atoms with Crippen LogP contribution in [0.15, 0.2) is 48.4 Å². The second kappa shape index (κ2) is 7.44. The number of carbonyl (C=O) groups excluding carboxylic acids is 1. The lowest BCUT2D eigenvalue weighted by Gasteiger charge is -2.19. The number of fused-ring (bicyclic) bond motifs is 1. The number of hydrogen-bond acceptors (Lipinski definition) is 4. The van der Waals surface area contributed by atoms with Crippen LogP contribution in [0.5, 0.6) is 5.75 Å². The Hall–Kier alpha value is -2.11. The van der Waals surface area contributed by atoms with Gasteiger partial charge in [0.15, 0.2) is 0 Å². The lowest BCUT2D eigenvalue weighted by molar-refractivity contribution is 0.0738. The van der Waals surface area contributed by atoms with Crippen LogP contribution in [0.25, 0.3) is 0 Å². The summed E-state index contributed by atoms with van der Waals surface area (Å²) in [6, 6.07) is 9.77. The molecule has 2 heterocycles. The van der Waals surface area contributed by atoms with Crippen LogP contribution in [0.3, 0.4) is 0 Å². The van der Waals surface area contributed by atoms with Gasteiger partial charge in [0.05, 0.1) is 24.6 Å². The summed E-state index contributed by atoms with van der Waals surface area (Å²) >= 11 is 1.47. The van der Waals surface area contributed by atoms with Gasteiger partial charge < -0.3 is 14.4 Å². The molecule has 0 N–H and O–H groups in total. The fraction of sp³-hybridized carbons (Fsp3) is 0.278. The first-order valence-electron chi connectivity index (χ1n) is 7.54. The molecular weight excluding hydrogens is 310 g/mol. The van der Waals surface area contributed by atoms with Gasteiger partial charge in [0, 0.05) is 12.1 Å². The largest absolute Gasteiger partial charge is 0.491 e. The molecule has 0 spiro atoms. The van der Waals surface area contributed by atoms with Crippen molar-refractivity contribution < 1.29 is 14.3 Å². The summed E-state index contributed by atoms with van der Waals surface area (Å²) in [5.41, 5.74) is 2.09. The third-order valence-electron chi connectivity index (χ3n) is 3.63. The minimum atomic E-state index is 0.0600. The molecule has 23 heavy (non-hydrogen) atoms. The molecule has 0 radical (unpaired) electrons. The number of hydrogen-bond donors (Lipinski definition) is 0. The van der Waals surface area contributed by atoms with E-state index >= 15 is 0 Å². The molecule has 0 atom stereocenters. The highest BCUT2D eigenvalue weighted by molar-refractivity contribution is 7.12. The molecule has 0 unspecified atom stereocenters. The summed E-state index contributed by atoms with van der Waals surface area (Å²) in [6.07, 6.45) is 1.73. The normalized spacial score (nSPS) is 13.8. The van der Waals surface area contributed by atoms with Crippen molar-refractivity contribution in [2.24, 2.45) is 0 Å². The van der Waals surface area contributed by atoms with E-state index in [-0.39, 0.29) is 5.91 Å². The molecule has 0 fully saturated rings. The summed E-state index contributed by atoms with van der Waals surface area (Å²) in [6.45, 7) is 6.35. The maximum absolute atomic E-state index is 12.6. The Kier molecular flexibility index (Phi) is 5.10. The highest BCUT2D eigenvalue weighted by Gasteiger charge is 2.21. The van der Waals surface area contributed by atoms with E-state index < -0.39 is 0 Å². The zero-order chi connectivity index (χ0) is 16.1. The summed E-state index contributed by atoms with van der Waals surface area (Å²) in [7, 11) is 0. The van der Waals surface area contributed by atoms with Crippen molar-refractivity contribution in [1.82, 2.24) is 4.90 Å². The van der Waals surface area contributed by atoms with Crippen LogP contribution in [0.2, 0.25) is 0 Å². The second-order valence-electron chi connectivity index (χ2n) is 5.30. The quantitative estimate of drug-likeness (QED) is 0.623. The SMILES string of the molecule is C=CCOCc1ccc2c(c1)CN(C(=O)c1cccs1)CCO2. The molecule has 0 saturated carbocycles. The Labute approximate surface area is 140 Å². The van der Waals surface area contributed by atoms with E-state index in [2.05, 4.69) is 12.6 Å². The molecule has 3 rings (SSSR count). The molecule has 1 aliphatic rings. The molecule has 0 bridgehead atoms. The zero-order valence-corrected chi connectivity index (χ0v) is 13.7. The summed E-state index contributed by atoms with van der Waals surface area (Å²) < 4.78 is 11.3. The molecule has 1 aromatic heterocycles. The maximum Gasteiger partial charge on any atom is 0.264 e. The van der Waals surface area contributed by atoms with Crippen molar-refractivity contribution in [2.45, 2.75) is 13.2 Å². The average Bonchev–Trinajstić information content (AvgIpc) is 3.01. The Bertz CT molecular complexity index is 682. The Morgan fingerprint density at radius 3 is 3.13 bits per heavy atom. The predicted molar refractivity (Wildman–Crippen MR) is 90.8 cm³/mol. The number of amides is 1. The van der Waals surface area contributed by atoms with Crippen LogP contribution in [0, 0.1) is 0 Å². The first-order chi connectivity index (χ1) is 11.3. The lowest BCUT2D eigenvalue weighted by Crippen LogP contribution is -2.31. The van der Waals surface area contributed by atoms with Crippen molar-refractivity contribution in [2.75, 3.05) is 19.8 Å². The molecule has 1 aliphatic heterocycles. The van der Waals surface area contributed by atoms with Gasteiger partial charge in [-0.3, -0.25) is 4.79 Å². The van der Waals surface area contributed by atoms with E-state index in [4.69, 9.17) is 9.47 Å². The number of ether oxygens (including phenoxy) is 2. The average molecular weight is 329 g/mol. The van der Waals surface area contributed by atoms with Crippen molar-refractivity contribution in [1.29, 1.82) is 0 Å². The van der Waals surface area contributed by atoms with Gasteiger partial charge in [-0.15, -0.1) is 17.9 Å². The molecule has 0 saturated heterocycles. The predicted octanol–water partition coefficient (Wildman–Crippen LogP) is 3.49. The Balaban J connectivity index is 1.76. The van der Waals surface area contributed by atoms with E-state index in [0.717, 1.165) is 21.8 Å². The molecule has 120 valence electrons. The van der Waals surface area contributed by atoms with Crippen molar-refractivity contribution in [3.05, 3.63) is 64.4 Å². The first kappa shape index (κ1) is 15.8. The van der Waals surface area contributed by atoms with E-state index in [1.807, 2.05) is 34.5 Å². The molecular formula is C18H19NO3S. The van der Waals surface area contributed by atoms with Crippen molar-refractivity contribution in [3.8, 4) is 5.75 Å². The summed E-state index contributed by atoms with van der Waals surface area (Å²) in [5.74, 6) is 0.906. The van der Waals surface area contributed by atoms with Crippen LogP contribution < -0.4 is 4.74 Å². The van der Waals surface area contributed by atoms with Gasteiger partial charge in [-0.1, -0.05) is 18.2 Å². The smallest absolute Gasteiger partial charge is 0.264 e. The van der Waals surface area contributed by atoms with Crippen molar-refractivity contribution in [3.63, 3.8) is 0 Å². The number of thiophene rings is 1. The van der Waals surface area contributed by atoms with E-state index in [9.17, 15) is 4.79 Å². The topological polar surface area (TPSA) is 38.8 Å². The van der Waals surface area contributed by atoms with Gasteiger partial charge in [0.2, 0.25) is 0 Å². The molecule has 1 aromatic carbocycles. The lowest BCUT2D eigenvalue weighted by atomic mass is 10.1. The van der Waals surface area contributed by atoms with Gasteiger partial charge in [-0.2, -0.15) is 0 Å². The Morgan fingerprint density at radius 2 is 2.35 bits per heavy atom. The number of carbonyl (C=O) groups is 1. The molecule has 0 aliphatic carbocycles. The zero-order valence-electron chi connectivity index (χ0n) is 12.9. The van der Waals surface area contributed by atoms with Gasteiger partial charge in [0.1, 0.15) is 12.4 Å². The van der Waals surface area contributed by atoms with Gasteiger partial charge in [0.25, 0.3) is 5.91 Å². The van der Waals surface area contributed by atoms with E-state index in [1.165, 1.54) is 11.3 Å². The summed E-state index contributed by atoms with van der Waals surface area (Å²) in [5, 5.41) is 1.92. The van der Waals surface area contributed by atoms with E-state index in [0.29, 0.717) is 32.9 Å². The van der Waals surface area contributed by atoms with E-state index in [1.54, 1.807) is 6.08 Å². The second-order valence-corrected chi connectivity index (χ2v) is 6.25. The Morgan fingerprint density at radius 1 is 1.43 bits per heavy atom. The van der Waals surface area contributed by atoms with Gasteiger partial charge in [-0.25, -0.2) is 0 Å². The highest BCUT2D eigenvalue weighted by Crippen LogP contribution is 2.26. The number of rotatable bonds is 5. The fourth-order valence-corrected chi connectivity index (χ4v) is 3.22. The monoisotopic (exact) mass is 329 g/mol. The minimum Gasteiger partial charge on any atom is -0.491 e. The molecule has 4 nitrogen and oxygen atoms in total. The maximum atomic E-state index is 12.6. The van der Waals surface area contributed by atoms with Gasteiger partial charge >= 0.3 is 0 Å². The fourth-order valence-electron chi connectivity index (χ4n) is 2.53. The van der Waals surface area contributed by atoms with Crippen LogP contribution in [-0.2, 0) is 17.9 Å². The molecule has 2 aromatic rings.